The van der Waals surface area contributed by atoms with Gasteiger partial charge in [0.2, 0.25) is 5.91 Å². The monoisotopic (exact) mass is 291 g/mol. The van der Waals surface area contributed by atoms with Crippen LogP contribution in [0.5, 0.6) is 0 Å². The standard InChI is InChI=1S/C17H25NO3/c19-14(20)9-17(2-1-3-17)18-16(21)15-12-5-10-4-11(7-12)8-13(15)6-10/h10-13,15H,1-9H2,(H,18,21)(H,19,20). The maximum Gasteiger partial charge on any atom is 0.305 e. The highest BCUT2D eigenvalue weighted by atomic mass is 16.4. The maximum absolute atomic E-state index is 12.8. The van der Waals surface area contributed by atoms with Crippen LogP contribution < -0.4 is 5.32 Å². The zero-order valence-corrected chi connectivity index (χ0v) is 12.5. The molecule has 0 aromatic carbocycles. The SMILES string of the molecule is O=C(O)CC1(NC(=O)C2C3CC4CC(C3)CC2C4)CCC1. The number of amides is 1. The van der Waals surface area contributed by atoms with Crippen LogP contribution in [-0.2, 0) is 9.59 Å². The van der Waals surface area contributed by atoms with E-state index in [1.807, 2.05) is 0 Å². The first-order valence-electron chi connectivity index (χ1n) is 8.58. The second-order valence-corrected chi connectivity index (χ2v) is 8.15. The van der Waals surface area contributed by atoms with Gasteiger partial charge >= 0.3 is 5.97 Å². The Morgan fingerprint density at radius 2 is 1.57 bits per heavy atom. The lowest BCUT2D eigenvalue weighted by Crippen LogP contribution is -2.59. The number of hydrogen-bond donors (Lipinski definition) is 2. The lowest BCUT2D eigenvalue weighted by Gasteiger charge is -2.54. The van der Waals surface area contributed by atoms with Crippen LogP contribution in [0.25, 0.3) is 0 Å². The van der Waals surface area contributed by atoms with Gasteiger partial charge in [-0.1, -0.05) is 0 Å². The van der Waals surface area contributed by atoms with Crippen LogP contribution in [0.2, 0.25) is 0 Å². The van der Waals surface area contributed by atoms with E-state index in [4.69, 9.17) is 5.11 Å². The van der Waals surface area contributed by atoms with E-state index in [0.717, 1.165) is 31.1 Å². The average molecular weight is 291 g/mol. The molecular formula is C17H25NO3. The van der Waals surface area contributed by atoms with Crippen molar-refractivity contribution in [3.8, 4) is 0 Å². The number of rotatable bonds is 4. The van der Waals surface area contributed by atoms with Crippen LogP contribution in [0.15, 0.2) is 0 Å². The predicted octanol–water partition coefficient (Wildman–Crippen LogP) is 2.57. The van der Waals surface area contributed by atoms with Gasteiger partial charge in [0.25, 0.3) is 0 Å². The topological polar surface area (TPSA) is 66.4 Å². The van der Waals surface area contributed by atoms with Gasteiger partial charge in [0.05, 0.1) is 12.0 Å². The van der Waals surface area contributed by atoms with Crippen molar-refractivity contribution >= 4 is 11.9 Å². The molecule has 5 aliphatic rings. The number of carbonyl (C=O) groups is 2. The normalized spacial score (nSPS) is 42.4. The Hall–Kier alpha value is -1.06. The molecule has 5 rings (SSSR count). The molecular weight excluding hydrogens is 266 g/mol. The number of aliphatic carboxylic acids is 1. The Labute approximate surface area is 125 Å². The van der Waals surface area contributed by atoms with Crippen molar-refractivity contribution in [1.29, 1.82) is 0 Å². The fourth-order valence-corrected chi connectivity index (χ4v) is 5.94. The molecule has 21 heavy (non-hydrogen) atoms. The van der Waals surface area contributed by atoms with Gasteiger partial charge in [-0.05, 0) is 75.0 Å². The highest BCUT2D eigenvalue weighted by Crippen LogP contribution is 2.56. The van der Waals surface area contributed by atoms with Crippen molar-refractivity contribution in [3.05, 3.63) is 0 Å². The highest BCUT2D eigenvalue weighted by Gasteiger charge is 2.52. The third-order valence-corrected chi connectivity index (χ3v) is 6.72. The summed E-state index contributed by atoms with van der Waals surface area (Å²) in [6, 6.07) is 0. The van der Waals surface area contributed by atoms with Crippen molar-refractivity contribution in [2.24, 2.45) is 29.6 Å². The average Bonchev–Trinajstić information content (AvgIpc) is 2.34. The minimum Gasteiger partial charge on any atom is -0.481 e. The minimum atomic E-state index is -0.792. The highest BCUT2D eigenvalue weighted by molar-refractivity contribution is 5.81. The molecule has 2 N–H and O–H groups in total. The summed E-state index contributed by atoms with van der Waals surface area (Å²) in [6.07, 6.45) is 9.12. The summed E-state index contributed by atoms with van der Waals surface area (Å²) >= 11 is 0. The molecule has 4 bridgehead atoms. The van der Waals surface area contributed by atoms with E-state index in [0.29, 0.717) is 11.8 Å². The fraction of sp³-hybridized carbons (Fsp3) is 0.882. The molecule has 0 unspecified atom stereocenters. The van der Waals surface area contributed by atoms with E-state index in [-0.39, 0.29) is 18.2 Å². The Kier molecular flexibility index (Phi) is 3.05. The molecule has 116 valence electrons. The van der Waals surface area contributed by atoms with Crippen LogP contribution in [0.3, 0.4) is 0 Å². The van der Waals surface area contributed by atoms with Crippen LogP contribution in [0.4, 0.5) is 0 Å². The van der Waals surface area contributed by atoms with Crippen molar-refractivity contribution in [3.63, 3.8) is 0 Å². The predicted molar refractivity (Wildman–Crippen MR) is 77.5 cm³/mol. The summed E-state index contributed by atoms with van der Waals surface area (Å²) in [7, 11) is 0. The lowest BCUT2D eigenvalue weighted by atomic mass is 9.51. The Bertz CT molecular complexity index is 441. The Balaban J connectivity index is 1.46. The van der Waals surface area contributed by atoms with Crippen molar-refractivity contribution in [1.82, 2.24) is 5.32 Å². The molecule has 5 saturated carbocycles. The number of carboxylic acid groups (broad SMARTS) is 1. The van der Waals surface area contributed by atoms with Gasteiger partial charge in [-0.25, -0.2) is 0 Å². The minimum absolute atomic E-state index is 0.0893. The van der Waals surface area contributed by atoms with Crippen molar-refractivity contribution < 1.29 is 14.7 Å². The quantitative estimate of drug-likeness (QED) is 0.836. The number of nitrogens with one attached hydrogen (secondary N) is 1. The van der Waals surface area contributed by atoms with Gasteiger partial charge in [-0.2, -0.15) is 0 Å². The van der Waals surface area contributed by atoms with Gasteiger partial charge < -0.3 is 10.4 Å². The number of carboxylic acids is 1. The Morgan fingerprint density at radius 3 is 2.00 bits per heavy atom. The van der Waals surface area contributed by atoms with Crippen LogP contribution in [0.1, 0.15) is 57.8 Å². The third-order valence-electron chi connectivity index (χ3n) is 6.72. The smallest absolute Gasteiger partial charge is 0.305 e. The third kappa shape index (κ3) is 2.27. The molecule has 0 spiro atoms. The molecule has 0 aromatic rings. The molecule has 0 heterocycles. The summed E-state index contributed by atoms with van der Waals surface area (Å²) < 4.78 is 0. The number of carbonyl (C=O) groups excluding carboxylic acids is 1. The first-order chi connectivity index (χ1) is 10.0. The summed E-state index contributed by atoms with van der Waals surface area (Å²) in [4.78, 5) is 23.9. The molecule has 1 amide bonds. The number of hydrogen-bond acceptors (Lipinski definition) is 2. The van der Waals surface area contributed by atoms with Gasteiger partial charge in [0, 0.05) is 5.92 Å². The lowest BCUT2D eigenvalue weighted by molar-refractivity contribution is -0.144. The molecule has 4 nitrogen and oxygen atoms in total. The molecule has 0 saturated heterocycles. The van der Waals surface area contributed by atoms with Crippen molar-refractivity contribution in [2.75, 3.05) is 0 Å². The molecule has 0 radical (unpaired) electrons. The summed E-state index contributed by atoms with van der Waals surface area (Å²) in [5, 5.41) is 12.3. The van der Waals surface area contributed by atoms with E-state index < -0.39 is 11.5 Å². The molecule has 0 aliphatic heterocycles. The second-order valence-electron chi connectivity index (χ2n) is 8.15. The fourth-order valence-electron chi connectivity index (χ4n) is 5.94. The van der Waals surface area contributed by atoms with Crippen LogP contribution in [0, 0.1) is 29.6 Å². The van der Waals surface area contributed by atoms with E-state index >= 15 is 0 Å². The summed E-state index contributed by atoms with van der Waals surface area (Å²) in [5.74, 6) is 2.43. The van der Waals surface area contributed by atoms with Crippen molar-refractivity contribution in [2.45, 2.75) is 63.3 Å². The zero-order chi connectivity index (χ0) is 14.6. The largest absolute Gasteiger partial charge is 0.481 e. The second kappa shape index (κ2) is 4.72. The van der Waals surface area contributed by atoms with Gasteiger partial charge in [0.15, 0.2) is 0 Å². The van der Waals surface area contributed by atoms with E-state index in [9.17, 15) is 9.59 Å². The molecule has 0 atom stereocenters. The van der Waals surface area contributed by atoms with E-state index in [2.05, 4.69) is 5.32 Å². The first-order valence-corrected chi connectivity index (χ1v) is 8.58. The van der Waals surface area contributed by atoms with Gasteiger partial charge in [-0.15, -0.1) is 0 Å². The molecule has 5 fully saturated rings. The van der Waals surface area contributed by atoms with Gasteiger partial charge in [-0.3, -0.25) is 9.59 Å². The van der Waals surface area contributed by atoms with Gasteiger partial charge in [0.1, 0.15) is 0 Å². The van der Waals surface area contributed by atoms with Crippen LogP contribution >= 0.6 is 0 Å². The van der Waals surface area contributed by atoms with E-state index in [1.165, 1.54) is 32.1 Å². The zero-order valence-electron chi connectivity index (χ0n) is 12.5. The summed E-state index contributed by atoms with van der Waals surface area (Å²) in [6.45, 7) is 0. The molecule has 5 aliphatic carbocycles. The van der Waals surface area contributed by atoms with E-state index in [1.54, 1.807) is 0 Å². The Morgan fingerprint density at radius 1 is 1.00 bits per heavy atom. The van der Waals surface area contributed by atoms with Crippen LogP contribution in [-0.4, -0.2) is 22.5 Å². The summed E-state index contributed by atoms with van der Waals surface area (Å²) in [5.41, 5.74) is -0.433. The maximum atomic E-state index is 12.8. The molecule has 0 aromatic heterocycles. The molecule has 4 heteroatoms. The first kappa shape index (κ1) is 13.6.